The van der Waals surface area contributed by atoms with Gasteiger partial charge in [0, 0.05) is 19.3 Å². The highest BCUT2D eigenvalue weighted by Crippen LogP contribution is 2.40. The van der Waals surface area contributed by atoms with Crippen LogP contribution in [0.25, 0.3) is 0 Å². The summed E-state index contributed by atoms with van der Waals surface area (Å²) >= 11 is 1.53. The van der Waals surface area contributed by atoms with Crippen LogP contribution in [-0.2, 0) is 19.1 Å². The number of benzene rings is 1. The predicted molar refractivity (Wildman–Crippen MR) is 116 cm³/mol. The smallest absolute Gasteiger partial charge is 0.338 e. The lowest BCUT2D eigenvalue weighted by Gasteiger charge is -2.38. The van der Waals surface area contributed by atoms with E-state index in [9.17, 15) is 9.59 Å². The monoisotopic (exact) mass is 432 g/mol. The van der Waals surface area contributed by atoms with E-state index in [1.165, 1.54) is 11.8 Å². The Labute approximate surface area is 181 Å². The van der Waals surface area contributed by atoms with Gasteiger partial charge in [-0.3, -0.25) is 9.69 Å². The highest BCUT2D eigenvalue weighted by atomic mass is 32.2. The summed E-state index contributed by atoms with van der Waals surface area (Å²) in [5.74, 6) is 0.923. The van der Waals surface area contributed by atoms with Gasteiger partial charge in [-0.2, -0.15) is 0 Å². The van der Waals surface area contributed by atoms with Crippen molar-refractivity contribution in [1.29, 1.82) is 0 Å². The normalized spacial score (nSPS) is 18.8. The van der Waals surface area contributed by atoms with Crippen molar-refractivity contribution >= 4 is 28.8 Å². The van der Waals surface area contributed by atoms with E-state index in [2.05, 4.69) is 11.9 Å². The van der Waals surface area contributed by atoms with Gasteiger partial charge in [-0.25, -0.2) is 9.79 Å². The molecule has 0 N–H and O–H groups in total. The van der Waals surface area contributed by atoms with Gasteiger partial charge >= 0.3 is 5.97 Å². The lowest BCUT2D eigenvalue weighted by molar-refractivity contribution is -0.141. The summed E-state index contributed by atoms with van der Waals surface area (Å²) in [6.07, 6.45) is 2.46. The van der Waals surface area contributed by atoms with Gasteiger partial charge in [0.05, 0.1) is 30.5 Å². The molecule has 0 radical (unpaired) electrons. The van der Waals surface area contributed by atoms with E-state index >= 15 is 0 Å². The predicted octanol–water partition coefficient (Wildman–Crippen LogP) is 3.71. The van der Waals surface area contributed by atoms with Crippen molar-refractivity contribution < 1.29 is 23.8 Å². The molecule has 2 aliphatic rings. The first-order chi connectivity index (χ1) is 14.6. The van der Waals surface area contributed by atoms with Crippen LogP contribution in [0.5, 0.6) is 5.75 Å². The SMILES string of the molecule is CCCCOc1ccc(C2C(C(=O)OCCOC)=C(C)N=C3SCCC(=O)N32)cc1. The van der Waals surface area contributed by atoms with Crippen LogP contribution in [0.2, 0.25) is 0 Å². The number of ether oxygens (including phenoxy) is 3. The molecule has 3 rings (SSSR count). The number of carbonyl (C=O) groups is 2. The quantitative estimate of drug-likeness (QED) is 0.437. The summed E-state index contributed by atoms with van der Waals surface area (Å²) in [7, 11) is 1.55. The van der Waals surface area contributed by atoms with Gasteiger partial charge in [0.25, 0.3) is 0 Å². The number of hydrogen-bond donors (Lipinski definition) is 0. The van der Waals surface area contributed by atoms with Crippen LogP contribution >= 0.6 is 11.8 Å². The molecular weight excluding hydrogens is 404 g/mol. The highest BCUT2D eigenvalue weighted by molar-refractivity contribution is 8.14. The second-order valence-electron chi connectivity index (χ2n) is 7.06. The zero-order chi connectivity index (χ0) is 21.5. The Morgan fingerprint density at radius 1 is 1.23 bits per heavy atom. The van der Waals surface area contributed by atoms with Crippen LogP contribution in [0.4, 0.5) is 0 Å². The number of thioether (sulfide) groups is 1. The van der Waals surface area contributed by atoms with Crippen molar-refractivity contribution in [2.75, 3.05) is 32.7 Å². The number of unbranched alkanes of at least 4 members (excludes halogenated alkanes) is 1. The van der Waals surface area contributed by atoms with Crippen LogP contribution < -0.4 is 4.74 Å². The zero-order valence-corrected chi connectivity index (χ0v) is 18.5. The van der Waals surface area contributed by atoms with E-state index in [4.69, 9.17) is 14.2 Å². The van der Waals surface area contributed by atoms with Crippen molar-refractivity contribution in [3.63, 3.8) is 0 Å². The van der Waals surface area contributed by atoms with E-state index in [1.54, 1.807) is 18.9 Å². The number of carbonyl (C=O) groups excluding carboxylic acids is 2. The van der Waals surface area contributed by atoms with E-state index in [0.717, 1.165) is 24.2 Å². The standard InChI is InChI=1S/C22H28N2O5S/c1-4-5-11-28-17-8-6-16(7-9-17)20-19(21(26)29-13-12-27-3)15(2)23-22-24(20)18(25)10-14-30-22/h6-9,20H,4-5,10-14H2,1-3H3. The molecule has 7 nitrogen and oxygen atoms in total. The lowest BCUT2D eigenvalue weighted by atomic mass is 9.94. The molecule has 2 aliphatic heterocycles. The lowest BCUT2D eigenvalue weighted by Crippen LogP contribution is -2.45. The Morgan fingerprint density at radius 3 is 2.70 bits per heavy atom. The van der Waals surface area contributed by atoms with E-state index in [-0.39, 0.29) is 12.5 Å². The first-order valence-corrected chi connectivity index (χ1v) is 11.2. The molecule has 1 aromatic carbocycles. The number of hydrogen-bond acceptors (Lipinski definition) is 7. The van der Waals surface area contributed by atoms with Crippen LogP contribution in [0.3, 0.4) is 0 Å². The summed E-state index contributed by atoms with van der Waals surface area (Å²) in [4.78, 5) is 31.9. The Kier molecular flexibility index (Phi) is 7.93. The minimum atomic E-state index is -0.572. The molecule has 1 unspecified atom stereocenters. The number of allylic oxidation sites excluding steroid dienone is 1. The number of aliphatic imine (C=N–C) groups is 1. The Balaban J connectivity index is 1.93. The van der Waals surface area contributed by atoms with Gasteiger partial charge < -0.3 is 14.2 Å². The van der Waals surface area contributed by atoms with Gasteiger partial charge in [-0.1, -0.05) is 37.2 Å². The first-order valence-electron chi connectivity index (χ1n) is 10.2. The number of rotatable bonds is 9. The third-order valence-electron chi connectivity index (χ3n) is 4.91. The topological polar surface area (TPSA) is 77.4 Å². The van der Waals surface area contributed by atoms with Crippen LogP contribution in [0, 0.1) is 0 Å². The van der Waals surface area contributed by atoms with Crippen LogP contribution in [-0.4, -0.2) is 54.6 Å². The largest absolute Gasteiger partial charge is 0.494 e. The molecule has 0 saturated carbocycles. The summed E-state index contributed by atoms with van der Waals surface area (Å²) in [6, 6.07) is 6.98. The molecule has 8 heteroatoms. The van der Waals surface area contributed by atoms with Gasteiger partial charge in [-0.05, 0) is 31.0 Å². The van der Waals surface area contributed by atoms with Gasteiger partial charge in [0.1, 0.15) is 12.4 Å². The van der Waals surface area contributed by atoms with Crippen molar-refractivity contribution in [2.24, 2.45) is 4.99 Å². The molecular formula is C22H28N2O5S. The third kappa shape index (κ3) is 5.05. The molecule has 0 spiro atoms. The van der Waals surface area contributed by atoms with Crippen molar-refractivity contribution in [2.45, 2.75) is 39.2 Å². The number of nitrogens with zero attached hydrogens (tertiary/aromatic N) is 2. The average Bonchev–Trinajstić information content (AvgIpc) is 2.74. The third-order valence-corrected chi connectivity index (χ3v) is 5.86. The molecule has 0 aromatic heterocycles. The molecule has 1 amide bonds. The summed E-state index contributed by atoms with van der Waals surface area (Å²) in [5, 5.41) is 0.630. The van der Waals surface area contributed by atoms with Crippen molar-refractivity contribution in [3.05, 3.63) is 41.1 Å². The number of amides is 1. The van der Waals surface area contributed by atoms with Gasteiger partial charge in [0.15, 0.2) is 5.17 Å². The molecule has 162 valence electrons. The Morgan fingerprint density at radius 2 is 2.00 bits per heavy atom. The molecule has 2 heterocycles. The van der Waals surface area contributed by atoms with Crippen molar-refractivity contribution in [3.8, 4) is 5.75 Å². The minimum absolute atomic E-state index is 0.0459. The Hall–Kier alpha value is -2.32. The molecule has 30 heavy (non-hydrogen) atoms. The van der Waals surface area contributed by atoms with Crippen LogP contribution in [0.15, 0.2) is 40.5 Å². The van der Waals surface area contributed by atoms with E-state index in [0.29, 0.717) is 41.8 Å². The first kappa shape index (κ1) is 22.4. The summed E-state index contributed by atoms with van der Waals surface area (Å²) in [5.41, 5.74) is 1.77. The Bertz CT molecular complexity index is 834. The van der Waals surface area contributed by atoms with Crippen molar-refractivity contribution in [1.82, 2.24) is 4.90 Å². The van der Waals surface area contributed by atoms with Crippen LogP contribution in [0.1, 0.15) is 44.7 Å². The van der Waals surface area contributed by atoms with E-state index < -0.39 is 12.0 Å². The van der Waals surface area contributed by atoms with E-state index in [1.807, 2.05) is 24.3 Å². The molecule has 1 aromatic rings. The fourth-order valence-electron chi connectivity index (χ4n) is 3.35. The molecule has 0 bridgehead atoms. The zero-order valence-electron chi connectivity index (χ0n) is 17.7. The fraction of sp³-hybridized carbons (Fsp3) is 0.500. The molecule has 1 saturated heterocycles. The molecule has 1 atom stereocenters. The summed E-state index contributed by atoms with van der Waals surface area (Å²) in [6.45, 7) is 5.01. The number of esters is 1. The molecule has 0 aliphatic carbocycles. The van der Waals surface area contributed by atoms with Gasteiger partial charge in [-0.15, -0.1) is 0 Å². The maximum absolute atomic E-state index is 12.9. The maximum Gasteiger partial charge on any atom is 0.338 e. The minimum Gasteiger partial charge on any atom is -0.494 e. The number of amidine groups is 1. The summed E-state index contributed by atoms with van der Waals surface area (Å²) < 4.78 is 16.1. The molecule has 1 fully saturated rings. The number of fused-ring (bicyclic) bond motifs is 1. The maximum atomic E-state index is 12.9. The highest BCUT2D eigenvalue weighted by Gasteiger charge is 2.41. The second kappa shape index (κ2) is 10.6. The second-order valence-corrected chi connectivity index (χ2v) is 8.12. The average molecular weight is 433 g/mol. The number of methoxy groups -OCH3 is 1. The fourth-order valence-corrected chi connectivity index (χ4v) is 4.36. The van der Waals surface area contributed by atoms with Gasteiger partial charge in [0.2, 0.25) is 5.91 Å².